The summed E-state index contributed by atoms with van der Waals surface area (Å²) in [5.74, 6) is -0.185. The van der Waals surface area contributed by atoms with E-state index < -0.39 is 0 Å². The van der Waals surface area contributed by atoms with Gasteiger partial charge >= 0.3 is 0 Å². The largest absolute Gasteiger partial charge is 0.399 e. The first-order valence-corrected chi connectivity index (χ1v) is 8.60. The maximum absolute atomic E-state index is 12.2. The maximum Gasteiger partial charge on any atom is 0.255 e. The Morgan fingerprint density at radius 3 is 2.64 bits per heavy atom. The van der Waals surface area contributed by atoms with Gasteiger partial charge in [0.05, 0.1) is 19.8 Å². The average Bonchev–Trinajstić information content (AvgIpc) is 2.61. The number of nitrogen functional groups attached to an aromatic ring is 1. The van der Waals surface area contributed by atoms with Crippen molar-refractivity contribution in [2.75, 3.05) is 30.9 Å². The molecule has 0 aliphatic heterocycles. The molecule has 0 saturated carbocycles. The summed E-state index contributed by atoms with van der Waals surface area (Å²) in [4.78, 5) is 12.2. The number of rotatable bonds is 10. The van der Waals surface area contributed by atoms with Crippen molar-refractivity contribution in [3.63, 3.8) is 0 Å². The molecule has 5 heteroatoms. The van der Waals surface area contributed by atoms with Crippen molar-refractivity contribution in [3.05, 3.63) is 59.7 Å². The van der Waals surface area contributed by atoms with Crippen molar-refractivity contribution in [3.8, 4) is 0 Å². The van der Waals surface area contributed by atoms with Crippen molar-refractivity contribution >= 4 is 17.3 Å². The summed E-state index contributed by atoms with van der Waals surface area (Å²) in [7, 11) is 0. The number of unbranched alkanes of at least 4 members (excludes halogenated alkanes) is 1. The highest BCUT2D eigenvalue weighted by Gasteiger charge is 2.06. The number of benzene rings is 2. The molecule has 0 aliphatic carbocycles. The third kappa shape index (κ3) is 6.95. The van der Waals surface area contributed by atoms with Gasteiger partial charge in [-0.05, 0) is 42.3 Å². The van der Waals surface area contributed by atoms with E-state index in [0.717, 1.165) is 30.7 Å². The van der Waals surface area contributed by atoms with E-state index in [1.165, 1.54) is 0 Å². The van der Waals surface area contributed by atoms with Crippen LogP contribution in [-0.2, 0) is 16.1 Å². The zero-order valence-corrected chi connectivity index (χ0v) is 14.7. The summed E-state index contributed by atoms with van der Waals surface area (Å²) in [6, 6.07) is 14.5. The average molecular weight is 342 g/mol. The smallest absolute Gasteiger partial charge is 0.255 e. The lowest BCUT2D eigenvalue weighted by atomic mass is 10.1. The Labute approximate surface area is 149 Å². The second-order valence-corrected chi connectivity index (χ2v) is 5.80. The van der Waals surface area contributed by atoms with Crippen LogP contribution in [0.1, 0.15) is 35.7 Å². The van der Waals surface area contributed by atoms with Crippen molar-refractivity contribution in [2.24, 2.45) is 0 Å². The normalized spacial score (nSPS) is 10.6. The highest BCUT2D eigenvalue weighted by molar-refractivity contribution is 6.04. The van der Waals surface area contributed by atoms with Crippen LogP contribution in [0.5, 0.6) is 0 Å². The third-order valence-corrected chi connectivity index (χ3v) is 3.62. The molecule has 0 atom stereocenters. The maximum atomic E-state index is 12.2. The Kier molecular flexibility index (Phi) is 7.95. The SMILES string of the molecule is CCCCOCCOCc1cccc(NC(=O)c2cccc(N)c2)c1. The van der Waals surface area contributed by atoms with Crippen molar-refractivity contribution in [1.29, 1.82) is 0 Å². The molecule has 2 rings (SSSR count). The minimum atomic E-state index is -0.185. The minimum absolute atomic E-state index is 0.185. The first-order chi connectivity index (χ1) is 12.2. The van der Waals surface area contributed by atoms with Gasteiger partial charge in [0.25, 0.3) is 5.91 Å². The van der Waals surface area contributed by atoms with Crippen LogP contribution in [0, 0.1) is 0 Å². The number of nitrogens with two attached hydrogens (primary N) is 1. The molecule has 5 nitrogen and oxygen atoms in total. The number of hydrogen-bond donors (Lipinski definition) is 2. The van der Waals surface area contributed by atoms with Gasteiger partial charge in [0, 0.05) is 23.5 Å². The number of carbonyl (C=O) groups is 1. The molecular weight excluding hydrogens is 316 g/mol. The van der Waals surface area contributed by atoms with Crippen LogP contribution >= 0.6 is 0 Å². The Balaban J connectivity index is 1.79. The molecule has 1 amide bonds. The number of anilines is 2. The zero-order valence-electron chi connectivity index (χ0n) is 14.7. The van der Waals surface area contributed by atoms with Crippen LogP contribution in [0.15, 0.2) is 48.5 Å². The summed E-state index contributed by atoms with van der Waals surface area (Å²) in [6.07, 6.45) is 2.21. The number of amides is 1. The minimum Gasteiger partial charge on any atom is -0.399 e. The summed E-state index contributed by atoms with van der Waals surface area (Å²) in [6.45, 7) is 4.57. The van der Waals surface area contributed by atoms with E-state index in [2.05, 4.69) is 12.2 Å². The monoisotopic (exact) mass is 342 g/mol. The first kappa shape index (κ1) is 19.0. The lowest BCUT2D eigenvalue weighted by Gasteiger charge is -2.09. The van der Waals surface area contributed by atoms with Crippen LogP contribution in [-0.4, -0.2) is 25.7 Å². The van der Waals surface area contributed by atoms with Gasteiger partial charge in [-0.1, -0.05) is 31.5 Å². The first-order valence-electron chi connectivity index (χ1n) is 8.60. The standard InChI is InChI=1S/C20H26N2O3/c1-2-3-10-24-11-12-25-15-16-6-4-9-19(13-16)22-20(23)17-7-5-8-18(21)14-17/h4-9,13-14H,2-3,10-12,15,21H2,1H3,(H,22,23). The number of carbonyl (C=O) groups excluding carboxylic acids is 1. The van der Waals surface area contributed by atoms with Crippen molar-refractivity contribution in [2.45, 2.75) is 26.4 Å². The highest BCUT2D eigenvalue weighted by atomic mass is 16.5. The van der Waals surface area contributed by atoms with E-state index in [4.69, 9.17) is 15.2 Å². The molecular formula is C20H26N2O3. The van der Waals surface area contributed by atoms with E-state index in [0.29, 0.717) is 31.1 Å². The lowest BCUT2D eigenvalue weighted by Crippen LogP contribution is -2.12. The zero-order chi connectivity index (χ0) is 17.9. The molecule has 134 valence electrons. The van der Waals surface area contributed by atoms with Crippen LogP contribution in [0.4, 0.5) is 11.4 Å². The number of hydrogen-bond acceptors (Lipinski definition) is 4. The molecule has 0 aliphatic rings. The van der Waals surface area contributed by atoms with Gasteiger partial charge < -0.3 is 20.5 Å². The molecule has 0 spiro atoms. The van der Waals surface area contributed by atoms with Crippen LogP contribution in [0.2, 0.25) is 0 Å². The Bertz CT molecular complexity index is 673. The Morgan fingerprint density at radius 1 is 1.04 bits per heavy atom. The summed E-state index contributed by atoms with van der Waals surface area (Å²) >= 11 is 0. The molecule has 0 fully saturated rings. The van der Waals surface area contributed by atoms with Crippen LogP contribution in [0.25, 0.3) is 0 Å². The van der Waals surface area contributed by atoms with Crippen molar-refractivity contribution < 1.29 is 14.3 Å². The second kappa shape index (κ2) is 10.5. The van der Waals surface area contributed by atoms with Gasteiger partial charge in [-0.2, -0.15) is 0 Å². The fraction of sp³-hybridized carbons (Fsp3) is 0.350. The van der Waals surface area contributed by atoms with E-state index in [9.17, 15) is 4.79 Å². The molecule has 0 bridgehead atoms. The van der Waals surface area contributed by atoms with E-state index >= 15 is 0 Å². The molecule has 0 saturated heterocycles. The molecule has 2 aromatic rings. The van der Waals surface area contributed by atoms with Gasteiger partial charge in [0.1, 0.15) is 0 Å². The fourth-order valence-electron chi connectivity index (χ4n) is 2.28. The summed E-state index contributed by atoms with van der Waals surface area (Å²) < 4.78 is 11.1. The summed E-state index contributed by atoms with van der Waals surface area (Å²) in [5.41, 5.74) is 8.54. The topological polar surface area (TPSA) is 73.6 Å². The van der Waals surface area contributed by atoms with Crippen molar-refractivity contribution in [1.82, 2.24) is 0 Å². The van der Waals surface area contributed by atoms with Crippen LogP contribution < -0.4 is 11.1 Å². The quantitative estimate of drug-likeness (QED) is 0.508. The molecule has 25 heavy (non-hydrogen) atoms. The molecule has 2 aromatic carbocycles. The highest BCUT2D eigenvalue weighted by Crippen LogP contribution is 2.14. The molecule has 0 heterocycles. The Morgan fingerprint density at radius 2 is 1.84 bits per heavy atom. The molecule has 0 unspecified atom stereocenters. The fourth-order valence-corrected chi connectivity index (χ4v) is 2.28. The molecule has 0 radical (unpaired) electrons. The van der Waals surface area contributed by atoms with E-state index in [-0.39, 0.29) is 5.91 Å². The Hall–Kier alpha value is -2.37. The number of nitrogens with one attached hydrogen (secondary N) is 1. The predicted molar refractivity (Wildman–Crippen MR) is 101 cm³/mol. The van der Waals surface area contributed by atoms with Gasteiger partial charge in [0.2, 0.25) is 0 Å². The summed E-state index contributed by atoms with van der Waals surface area (Å²) in [5, 5.41) is 2.88. The number of ether oxygens (including phenoxy) is 2. The van der Waals surface area contributed by atoms with Gasteiger partial charge in [-0.15, -0.1) is 0 Å². The van der Waals surface area contributed by atoms with Gasteiger partial charge in [0.15, 0.2) is 0 Å². The third-order valence-electron chi connectivity index (χ3n) is 3.62. The lowest BCUT2D eigenvalue weighted by molar-refractivity contribution is 0.0397. The molecule has 0 aromatic heterocycles. The van der Waals surface area contributed by atoms with Crippen LogP contribution in [0.3, 0.4) is 0 Å². The predicted octanol–water partition coefficient (Wildman–Crippen LogP) is 3.85. The molecule has 3 N–H and O–H groups in total. The van der Waals surface area contributed by atoms with E-state index in [1.807, 2.05) is 24.3 Å². The van der Waals surface area contributed by atoms with E-state index in [1.54, 1.807) is 24.3 Å². The van der Waals surface area contributed by atoms with Gasteiger partial charge in [-0.25, -0.2) is 0 Å². The second-order valence-electron chi connectivity index (χ2n) is 5.80. The van der Waals surface area contributed by atoms with Gasteiger partial charge in [-0.3, -0.25) is 4.79 Å².